The number of hydrogen-bond donors (Lipinski definition) is 2. The number of nitrogens with one attached hydrogen (secondary N) is 2. The average molecular weight is 126 g/mol. The van der Waals surface area contributed by atoms with Gasteiger partial charge in [-0.1, -0.05) is 0 Å². The molecule has 5 heteroatoms. The minimum absolute atomic E-state index is 0.204. The first kappa shape index (κ1) is 5.00. The van der Waals surface area contributed by atoms with Crippen molar-refractivity contribution in [2.75, 3.05) is 0 Å². The summed E-state index contributed by atoms with van der Waals surface area (Å²) in [6.07, 6.45) is 0. The van der Waals surface area contributed by atoms with Crippen molar-refractivity contribution in [3.05, 3.63) is 16.2 Å². The largest absolute Gasteiger partial charge is 0.395 e. The summed E-state index contributed by atoms with van der Waals surface area (Å²) in [6.45, 7) is 6.42. The number of nitrogens with zero attached hydrogens (tertiary/aromatic N) is 2. The van der Waals surface area contributed by atoms with Gasteiger partial charge < -0.3 is 4.85 Å². The third kappa shape index (κ3) is 0.741. The molecule has 0 saturated carbocycles. The second-order valence-electron chi connectivity index (χ2n) is 1.10. The third-order valence-corrected chi connectivity index (χ3v) is 0.788. The molecule has 0 bridgehead atoms. The van der Waals surface area contributed by atoms with E-state index in [9.17, 15) is 0 Å². The predicted octanol–water partition coefficient (Wildman–Crippen LogP) is 1.02. The van der Waals surface area contributed by atoms with Crippen molar-refractivity contribution in [3.8, 4) is 0 Å². The van der Waals surface area contributed by atoms with Crippen LogP contribution in [0.25, 0.3) is 4.85 Å². The zero-order valence-corrected chi connectivity index (χ0v) is 4.62. The maximum Gasteiger partial charge on any atom is 0.356 e. The maximum atomic E-state index is 6.42. The van der Waals surface area contributed by atoms with Crippen LogP contribution >= 0.6 is 12.2 Å². The van der Waals surface area contributed by atoms with E-state index in [2.05, 4.69) is 32.2 Å². The van der Waals surface area contributed by atoms with Crippen molar-refractivity contribution in [3.63, 3.8) is 0 Å². The number of aromatic nitrogens is 3. The lowest BCUT2D eigenvalue weighted by Gasteiger charge is -1.68. The fourth-order valence-electron chi connectivity index (χ4n) is 0.314. The smallest absolute Gasteiger partial charge is 0.356 e. The summed E-state index contributed by atoms with van der Waals surface area (Å²) in [7, 11) is 0. The van der Waals surface area contributed by atoms with Gasteiger partial charge >= 0.3 is 5.95 Å². The van der Waals surface area contributed by atoms with Crippen molar-refractivity contribution in [2.45, 2.75) is 0 Å². The highest BCUT2D eigenvalue weighted by molar-refractivity contribution is 7.71. The molecule has 4 nitrogen and oxygen atoms in total. The molecule has 40 valence electrons. The summed E-state index contributed by atoms with van der Waals surface area (Å²) in [5.74, 6) is 0.204. The van der Waals surface area contributed by atoms with Crippen LogP contribution in [0.1, 0.15) is 0 Å². The van der Waals surface area contributed by atoms with Crippen molar-refractivity contribution < 1.29 is 0 Å². The van der Waals surface area contributed by atoms with Gasteiger partial charge in [-0.3, -0.25) is 0 Å². The first-order valence-electron chi connectivity index (χ1n) is 1.85. The summed E-state index contributed by atoms with van der Waals surface area (Å²) in [4.78, 5) is 6.56. The Labute approximate surface area is 50.4 Å². The van der Waals surface area contributed by atoms with E-state index >= 15 is 0 Å². The Hall–Kier alpha value is -1.15. The van der Waals surface area contributed by atoms with Crippen LogP contribution in [0.3, 0.4) is 0 Å². The van der Waals surface area contributed by atoms with Gasteiger partial charge in [-0.05, 0) is 12.2 Å². The third-order valence-electron chi connectivity index (χ3n) is 0.595. The van der Waals surface area contributed by atoms with E-state index < -0.39 is 0 Å². The second-order valence-corrected chi connectivity index (χ2v) is 1.49. The summed E-state index contributed by atoms with van der Waals surface area (Å²) in [5.41, 5.74) is 0. The standard InChI is InChI=1S/C3H2N4S/c1-4-2-5-3(8)7-6-2/h(H2,5,6,7,8). The molecule has 0 fully saturated rings. The van der Waals surface area contributed by atoms with E-state index in [4.69, 9.17) is 6.57 Å². The van der Waals surface area contributed by atoms with Gasteiger partial charge in [0.15, 0.2) is 0 Å². The summed E-state index contributed by atoms with van der Waals surface area (Å²) in [5, 5.41) is 4.95. The van der Waals surface area contributed by atoms with E-state index in [0.717, 1.165) is 0 Å². The lowest BCUT2D eigenvalue weighted by molar-refractivity contribution is 1.09. The lowest BCUT2D eigenvalue weighted by atomic mass is 11.1. The topological polar surface area (TPSA) is 48.8 Å². The molecule has 0 aliphatic carbocycles. The molecule has 0 aliphatic heterocycles. The summed E-state index contributed by atoms with van der Waals surface area (Å²) >= 11 is 4.56. The molecule has 1 heterocycles. The van der Waals surface area contributed by atoms with Crippen molar-refractivity contribution in [1.82, 2.24) is 15.2 Å². The highest BCUT2D eigenvalue weighted by Crippen LogP contribution is 1.96. The van der Waals surface area contributed by atoms with E-state index in [-0.39, 0.29) is 5.95 Å². The van der Waals surface area contributed by atoms with Gasteiger partial charge in [0.25, 0.3) is 4.77 Å². The Bertz CT molecular complexity index is 263. The minimum Gasteiger partial charge on any atom is -0.395 e. The van der Waals surface area contributed by atoms with Crippen LogP contribution < -0.4 is 0 Å². The Morgan fingerprint density at radius 2 is 2.38 bits per heavy atom. The van der Waals surface area contributed by atoms with Crippen LogP contribution in [-0.2, 0) is 0 Å². The Balaban J connectivity index is 3.25. The second kappa shape index (κ2) is 1.76. The molecule has 8 heavy (non-hydrogen) atoms. The Morgan fingerprint density at radius 3 is 2.62 bits per heavy atom. The van der Waals surface area contributed by atoms with Gasteiger partial charge in [-0.2, -0.15) is 0 Å². The van der Waals surface area contributed by atoms with Gasteiger partial charge in [0.05, 0.1) is 0 Å². The van der Waals surface area contributed by atoms with Gasteiger partial charge in [-0.25, -0.2) is 10.2 Å². The molecule has 1 aromatic rings. The average Bonchev–Trinajstić information content (AvgIpc) is 2.14. The molecule has 0 amide bonds. The highest BCUT2D eigenvalue weighted by atomic mass is 32.1. The van der Waals surface area contributed by atoms with E-state index in [1.54, 1.807) is 0 Å². The van der Waals surface area contributed by atoms with E-state index in [1.165, 1.54) is 0 Å². The molecular formula is C3H2N4S. The molecule has 0 radical (unpaired) electrons. The Kier molecular flexibility index (Phi) is 1.10. The van der Waals surface area contributed by atoms with Crippen LogP contribution in [0.15, 0.2) is 0 Å². The fourth-order valence-corrected chi connectivity index (χ4v) is 0.452. The molecule has 0 unspecified atom stereocenters. The summed E-state index contributed by atoms with van der Waals surface area (Å²) < 4.78 is 0.316. The fraction of sp³-hybridized carbons (Fsp3) is 0. The predicted molar refractivity (Wildman–Crippen MR) is 30.0 cm³/mol. The van der Waals surface area contributed by atoms with Gasteiger partial charge in [-0.15, -0.1) is 11.6 Å². The van der Waals surface area contributed by atoms with Crippen molar-refractivity contribution in [1.29, 1.82) is 0 Å². The molecular weight excluding hydrogens is 124 g/mol. The van der Waals surface area contributed by atoms with Crippen LogP contribution in [0.4, 0.5) is 5.95 Å². The number of H-pyrrole nitrogens is 2. The molecule has 0 atom stereocenters. The minimum atomic E-state index is 0.204. The number of rotatable bonds is 0. The van der Waals surface area contributed by atoms with Gasteiger partial charge in [0.1, 0.15) is 0 Å². The lowest BCUT2D eigenvalue weighted by Crippen LogP contribution is -1.60. The van der Waals surface area contributed by atoms with Crippen LogP contribution in [0.5, 0.6) is 0 Å². The monoisotopic (exact) mass is 126 g/mol. The quantitative estimate of drug-likeness (QED) is 0.402. The first-order valence-corrected chi connectivity index (χ1v) is 2.26. The highest BCUT2D eigenvalue weighted by Gasteiger charge is 1.89. The van der Waals surface area contributed by atoms with Crippen LogP contribution in [0.2, 0.25) is 0 Å². The SMILES string of the molecule is [C-]#[N+]c1nc(=S)[nH][nH]1. The van der Waals surface area contributed by atoms with Gasteiger partial charge in [0, 0.05) is 0 Å². The molecule has 0 aliphatic rings. The molecule has 1 rings (SSSR count). The first-order chi connectivity index (χ1) is 3.83. The van der Waals surface area contributed by atoms with E-state index in [0.29, 0.717) is 4.77 Å². The van der Waals surface area contributed by atoms with Crippen molar-refractivity contribution >= 4 is 18.2 Å². The van der Waals surface area contributed by atoms with E-state index in [1.807, 2.05) is 0 Å². The van der Waals surface area contributed by atoms with Crippen LogP contribution in [0, 0.1) is 11.3 Å². The number of aromatic amines is 2. The molecule has 0 spiro atoms. The molecule has 2 N–H and O–H groups in total. The zero-order chi connectivity index (χ0) is 5.98. The number of hydrogen-bond acceptors (Lipinski definition) is 2. The van der Waals surface area contributed by atoms with Crippen LogP contribution in [-0.4, -0.2) is 15.2 Å². The van der Waals surface area contributed by atoms with Crippen molar-refractivity contribution in [2.24, 2.45) is 0 Å². The summed E-state index contributed by atoms with van der Waals surface area (Å²) in [6, 6.07) is 0. The molecule has 1 aromatic heterocycles. The molecule has 0 aromatic carbocycles. The zero-order valence-electron chi connectivity index (χ0n) is 3.80. The Morgan fingerprint density at radius 1 is 1.62 bits per heavy atom. The molecule has 0 saturated heterocycles. The maximum absolute atomic E-state index is 6.42. The normalized spacial score (nSPS) is 8.38. The van der Waals surface area contributed by atoms with Gasteiger partial charge in [0.2, 0.25) is 0 Å².